The lowest BCUT2D eigenvalue weighted by Gasteiger charge is -2.19. The molecule has 0 bridgehead atoms. The van der Waals surface area contributed by atoms with Crippen LogP contribution in [0.2, 0.25) is 0 Å². The minimum absolute atomic E-state index is 0.0296. The van der Waals surface area contributed by atoms with E-state index in [0.29, 0.717) is 11.8 Å². The SMILES string of the molecule is CC(C)(C)c1cc(C(=O)O)c2cc(F)cc(F)c2n1. The standard InChI is InChI=1S/C14H13F2NO2/c1-14(2,3)11-6-9(13(18)19)8-4-7(15)5-10(16)12(8)17-11/h4-6H,1-3H3,(H,18,19). The first-order valence-corrected chi connectivity index (χ1v) is 5.73. The van der Waals surface area contributed by atoms with Crippen molar-refractivity contribution >= 4 is 16.9 Å². The third kappa shape index (κ3) is 2.41. The van der Waals surface area contributed by atoms with Crippen molar-refractivity contribution < 1.29 is 18.7 Å². The molecule has 5 heteroatoms. The Morgan fingerprint density at radius 3 is 2.37 bits per heavy atom. The van der Waals surface area contributed by atoms with E-state index in [0.717, 1.165) is 6.07 Å². The maximum absolute atomic E-state index is 13.8. The molecule has 0 spiro atoms. The van der Waals surface area contributed by atoms with Crippen molar-refractivity contribution in [2.45, 2.75) is 26.2 Å². The van der Waals surface area contributed by atoms with Gasteiger partial charge in [-0.3, -0.25) is 0 Å². The fourth-order valence-electron chi connectivity index (χ4n) is 1.81. The van der Waals surface area contributed by atoms with Crippen LogP contribution in [0.1, 0.15) is 36.8 Å². The molecule has 0 aliphatic carbocycles. The first kappa shape index (κ1) is 13.4. The van der Waals surface area contributed by atoms with Gasteiger partial charge in [-0.05, 0) is 12.1 Å². The Morgan fingerprint density at radius 1 is 1.21 bits per heavy atom. The Balaban J connectivity index is 2.92. The minimum Gasteiger partial charge on any atom is -0.478 e. The van der Waals surface area contributed by atoms with E-state index < -0.39 is 23.0 Å². The van der Waals surface area contributed by atoms with Crippen molar-refractivity contribution in [3.8, 4) is 0 Å². The first-order valence-electron chi connectivity index (χ1n) is 5.73. The number of hydrogen-bond acceptors (Lipinski definition) is 2. The van der Waals surface area contributed by atoms with Gasteiger partial charge < -0.3 is 5.11 Å². The van der Waals surface area contributed by atoms with Crippen LogP contribution in [0.25, 0.3) is 10.9 Å². The molecule has 100 valence electrons. The summed E-state index contributed by atoms with van der Waals surface area (Å²) in [5.41, 5.74) is -0.249. The zero-order valence-corrected chi connectivity index (χ0v) is 10.8. The monoisotopic (exact) mass is 265 g/mol. The van der Waals surface area contributed by atoms with Gasteiger partial charge in [-0.15, -0.1) is 0 Å². The molecule has 0 aliphatic rings. The van der Waals surface area contributed by atoms with Crippen molar-refractivity contribution in [1.82, 2.24) is 4.98 Å². The molecule has 2 aromatic rings. The van der Waals surface area contributed by atoms with Crippen molar-refractivity contribution in [1.29, 1.82) is 0 Å². The lowest BCUT2D eigenvalue weighted by Crippen LogP contribution is -2.15. The number of carboxylic acid groups (broad SMARTS) is 1. The van der Waals surface area contributed by atoms with Crippen LogP contribution in [0.15, 0.2) is 18.2 Å². The molecule has 1 N–H and O–H groups in total. The predicted molar refractivity (Wildman–Crippen MR) is 67.3 cm³/mol. The van der Waals surface area contributed by atoms with Crippen molar-refractivity contribution in [3.05, 3.63) is 41.1 Å². The Hall–Kier alpha value is -2.04. The van der Waals surface area contributed by atoms with Crippen LogP contribution in [0.3, 0.4) is 0 Å². The smallest absolute Gasteiger partial charge is 0.336 e. The van der Waals surface area contributed by atoms with Gasteiger partial charge in [0.25, 0.3) is 0 Å². The highest BCUT2D eigenvalue weighted by molar-refractivity contribution is 6.02. The zero-order valence-electron chi connectivity index (χ0n) is 10.8. The quantitative estimate of drug-likeness (QED) is 0.858. The molecular weight excluding hydrogens is 252 g/mol. The van der Waals surface area contributed by atoms with E-state index in [2.05, 4.69) is 4.98 Å². The topological polar surface area (TPSA) is 50.2 Å². The molecule has 0 atom stereocenters. The van der Waals surface area contributed by atoms with E-state index >= 15 is 0 Å². The second-order valence-corrected chi connectivity index (χ2v) is 5.39. The Morgan fingerprint density at radius 2 is 1.84 bits per heavy atom. The molecule has 19 heavy (non-hydrogen) atoms. The summed E-state index contributed by atoms with van der Waals surface area (Å²) < 4.78 is 27.0. The highest BCUT2D eigenvalue weighted by atomic mass is 19.1. The molecule has 0 radical (unpaired) electrons. The second-order valence-electron chi connectivity index (χ2n) is 5.39. The number of aromatic nitrogens is 1. The second kappa shape index (κ2) is 4.26. The van der Waals surface area contributed by atoms with Crippen LogP contribution in [-0.4, -0.2) is 16.1 Å². The van der Waals surface area contributed by atoms with Crippen molar-refractivity contribution in [2.24, 2.45) is 0 Å². The van der Waals surface area contributed by atoms with Gasteiger partial charge >= 0.3 is 5.97 Å². The van der Waals surface area contributed by atoms with Gasteiger partial charge in [-0.1, -0.05) is 20.8 Å². The van der Waals surface area contributed by atoms with Crippen LogP contribution in [-0.2, 0) is 5.41 Å². The molecule has 1 heterocycles. The number of carboxylic acids is 1. The largest absolute Gasteiger partial charge is 0.478 e. The van der Waals surface area contributed by atoms with E-state index in [1.165, 1.54) is 6.07 Å². The number of carbonyl (C=O) groups is 1. The van der Waals surface area contributed by atoms with E-state index in [9.17, 15) is 18.7 Å². The van der Waals surface area contributed by atoms with E-state index in [-0.39, 0.29) is 16.5 Å². The number of aromatic carboxylic acids is 1. The van der Waals surface area contributed by atoms with Crippen molar-refractivity contribution in [2.75, 3.05) is 0 Å². The number of halogens is 2. The summed E-state index contributed by atoms with van der Waals surface area (Å²) in [6.07, 6.45) is 0. The van der Waals surface area contributed by atoms with Crippen molar-refractivity contribution in [3.63, 3.8) is 0 Å². The highest BCUT2D eigenvalue weighted by Gasteiger charge is 2.22. The van der Waals surface area contributed by atoms with Crippen LogP contribution < -0.4 is 0 Å². The van der Waals surface area contributed by atoms with E-state index in [1.807, 2.05) is 20.8 Å². The number of pyridine rings is 1. The number of benzene rings is 1. The first-order chi connectivity index (χ1) is 8.70. The molecule has 0 fully saturated rings. The van der Waals surface area contributed by atoms with Gasteiger partial charge in [0.1, 0.15) is 11.3 Å². The Labute approximate surface area is 108 Å². The minimum atomic E-state index is -1.23. The van der Waals surface area contributed by atoms with Crippen LogP contribution in [0.4, 0.5) is 8.78 Å². The normalized spacial score (nSPS) is 11.8. The predicted octanol–water partition coefficient (Wildman–Crippen LogP) is 3.51. The summed E-state index contributed by atoms with van der Waals surface area (Å²) in [6, 6.07) is 3.05. The molecule has 0 aliphatic heterocycles. The summed E-state index contributed by atoms with van der Waals surface area (Å²) in [5, 5.41) is 9.15. The molecular formula is C14H13F2NO2. The van der Waals surface area contributed by atoms with Gasteiger partial charge in [-0.2, -0.15) is 0 Å². The van der Waals surface area contributed by atoms with Crippen LogP contribution in [0, 0.1) is 11.6 Å². The molecule has 0 saturated carbocycles. The summed E-state index contributed by atoms with van der Waals surface area (Å²) >= 11 is 0. The van der Waals surface area contributed by atoms with Gasteiger partial charge in [0, 0.05) is 22.6 Å². The summed E-state index contributed by atoms with van der Waals surface area (Å²) in [5.74, 6) is -2.91. The molecule has 1 aromatic carbocycles. The lowest BCUT2D eigenvalue weighted by molar-refractivity contribution is 0.0699. The summed E-state index contributed by atoms with van der Waals surface area (Å²) in [6.45, 7) is 5.52. The van der Waals surface area contributed by atoms with Crippen LogP contribution >= 0.6 is 0 Å². The summed E-state index contributed by atoms with van der Waals surface area (Å²) in [7, 11) is 0. The van der Waals surface area contributed by atoms with E-state index in [4.69, 9.17) is 0 Å². The van der Waals surface area contributed by atoms with Gasteiger partial charge in [-0.25, -0.2) is 18.6 Å². The number of fused-ring (bicyclic) bond motifs is 1. The molecule has 3 nitrogen and oxygen atoms in total. The Bertz CT molecular complexity index is 675. The number of hydrogen-bond donors (Lipinski definition) is 1. The lowest BCUT2D eigenvalue weighted by atomic mass is 9.90. The Kier molecular flexibility index (Phi) is 3.00. The molecule has 0 saturated heterocycles. The third-order valence-corrected chi connectivity index (χ3v) is 2.83. The third-order valence-electron chi connectivity index (χ3n) is 2.83. The number of rotatable bonds is 1. The van der Waals surface area contributed by atoms with Gasteiger partial charge in [0.15, 0.2) is 5.82 Å². The van der Waals surface area contributed by atoms with E-state index in [1.54, 1.807) is 0 Å². The average molecular weight is 265 g/mol. The number of nitrogens with zero attached hydrogens (tertiary/aromatic N) is 1. The van der Waals surface area contributed by atoms with Gasteiger partial charge in [0.05, 0.1) is 5.56 Å². The maximum atomic E-state index is 13.8. The highest BCUT2D eigenvalue weighted by Crippen LogP contribution is 2.28. The van der Waals surface area contributed by atoms with Crippen LogP contribution in [0.5, 0.6) is 0 Å². The molecule has 1 aromatic heterocycles. The average Bonchev–Trinajstić information content (AvgIpc) is 2.25. The molecule has 0 amide bonds. The molecule has 0 unspecified atom stereocenters. The molecule has 2 rings (SSSR count). The fraction of sp³-hybridized carbons (Fsp3) is 0.286. The zero-order chi connectivity index (χ0) is 14.4. The summed E-state index contributed by atoms with van der Waals surface area (Å²) in [4.78, 5) is 15.4. The fourth-order valence-corrected chi connectivity index (χ4v) is 1.81. The van der Waals surface area contributed by atoms with Gasteiger partial charge in [0.2, 0.25) is 0 Å². The maximum Gasteiger partial charge on any atom is 0.336 e.